The predicted molar refractivity (Wildman–Crippen MR) is 110 cm³/mol. The quantitative estimate of drug-likeness (QED) is 0.693. The summed E-state index contributed by atoms with van der Waals surface area (Å²) >= 11 is 1.77. The zero-order valence-electron chi connectivity index (χ0n) is 15.8. The van der Waals surface area contributed by atoms with Gasteiger partial charge in [-0.15, -0.1) is 11.3 Å². The van der Waals surface area contributed by atoms with Gasteiger partial charge in [-0.3, -0.25) is 14.3 Å². The highest BCUT2D eigenvalue weighted by molar-refractivity contribution is 7.09. The van der Waals surface area contributed by atoms with Gasteiger partial charge in [-0.25, -0.2) is 9.97 Å². The van der Waals surface area contributed by atoms with E-state index in [-0.39, 0.29) is 24.8 Å². The standard InChI is InChI=1S/C21H24N4O2S/c26-11-10-25-19(23-17-5-2-1-4-16(17)21(25)27)18-6-3-9-24(18)12-15-13-28-20(22-15)14-7-8-14/h1-2,4-5,13-14,18,26H,3,6-12H2. The molecule has 2 aliphatic rings. The lowest BCUT2D eigenvalue weighted by atomic mass is 10.1. The number of para-hydroxylation sites is 1. The topological polar surface area (TPSA) is 71.2 Å². The molecule has 2 fully saturated rings. The number of aliphatic hydroxyl groups excluding tert-OH is 1. The molecule has 0 bridgehead atoms. The van der Waals surface area contributed by atoms with E-state index >= 15 is 0 Å². The Kier molecular flexibility index (Phi) is 4.74. The molecule has 0 amide bonds. The van der Waals surface area contributed by atoms with Crippen LogP contribution in [0.1, 0.15) is 54.2 Å². The molecule has 1 aliphatic carbocycles. The summed E-state index contributed by atoms with van der Waals surface area (Å²) in [5, 5.41) is 13.6. The zero-order valence-corrected chi connectivity index (χ0v) is 16.6. The van der Waals surface area contributed by atoms with Gasteiger partial charge in [-0.2, -0.15) is 0 Å². The minimum atomic E-state index is -0.0729. The summed E-state index contributed by atoms with van der Waals surface area (Å²) < 4.78 is 1.67. The van der Waals surface area contributed by atoms with Crippen molar-refractivity contribution in [2.24, 2.45) is 0 Å². The van der Waals surface area contributed by atoms with Crippen LogP contribution >= 0.6 is 11.3 Å². The third kappa shape index (κ3) is 3.27. The first kappa shape index (κ1) is 18.0. The van der Waals surface area contributed by atoms with Gasteiger partial charge in [0, 0.05) is 17.8 Å². The van der Waals surface area contributed by atoms with Gasteiger partial charge in [0.25, 0.3) is 5.56 Å². The van der Waals surface area contributed by atoms with Crippen LogP contribution in [0.4, 0.5) is 0 Å². The van der Waals surface area contributed by atoms with Crippen LogP contribution in [0.15, 0.2) is 34.4 Å². The van der Waals surface area contributed by atoms with E-state index < -0.39 is 0 Å². The van der Waals surface area contributed by atoms with Crippen LogP contribution in [0.25, 0.3) is 10.9 Å². The molecular weight excluding hydrogens is 372 g/mol. The first-order valence-electron chi connectivity index (χ1n) is 10.0. The van der Waals surface area contributed by atoms with Gasteiger partial charge in [-0.05, 0) is 44.4 Å². The molecule has 1 N–H and O–H groups in total. The normalized spacial score (nSPS) is 20.2. The highest BCUT2D eigenvalue weighted by atomic mass is 32.1. The number of rotatable bonds is 6. The van der Waals surface area contributed by atoms with Crippen LogP contribution in [0.3, 0.4) is 0 Å². The molecule has 0 spiro atoms. The summed E-state index contributed by atoms with van der Waals surface area (Å²) in [5.74, 6) is 1.46. The van der Waals surface area contributed by atoms with Crippen molar-refractivity contribution < 1.29 is 5.11 Å². The highest BCUT2D eigenvalue weighted by Crippen LogP contribution is 2.42. The lowest BCUT2D eigenvalue weighted by molar-refractivity contribution is 0.221. The maximum Gasteiger partial charge on any atom is 0.261 e. The molecule has 1 saturated heterocycles. The molecule has 1 aliphatic heterocycles. The van der Waals surface area contributed by atoms with Crippen molar-refractivity contribution in [1.29, 1.82) is 0 Å². The monoisotopic (exact) mass is 396 g/mol. The van der Waals surface area contributed by atoms with E-state index in [0.29, 0.717) is 11.3 Å². The van der Waals surface area contributed by atoms with Crippen molar-refractivity contribution in [2.75, 3.05) is 13.2 Å². The molecule has 1 aromatic carbocycles. The second kappa shape index (κ2) is 7.39. The van der Waals surface area contributed by atoms with Crippen molar-refractivity contribution in [3.8, 4) is 0 Å². The number of thiazole rings is 1. The molecule has 146 valence electrons. The third-order valence-electron chi connectivity index (χ3n) is 5.74. The van der Waals surface area contributed by atoms with E-state index in [1.807, 2.05) is 24.3 Å². The maximum atomic E-state index is 13.0. The average Bonchev–Trinajstić information content (AvgIpc) is 3.28. The molecule has 0 radical (unpaired) electrons. The lowest BCUT2D eigenvalue weighted by Gasteiger charge is -2.25. The third-order valence-corrected chi connectivity index (χ3v) is 6.79. The van der Waals surface area contributed by atoms with Crippen LogP contribution in [0, 0.1) is 0 Å². The van der Waals surface area contributed by atoms with Gasteiger partial charge in [0.1, 0.15) is 5.82 Å². The van der Waals surface area contributed by atoms with Crippen LogP contribution in [0.5, 0.6) is 0 Å². The second-order valence-corrected chi connectivity index (χ2v) is 8.64. The van der Waals surface area contributed by atoms with Crippen molar-refractivity contribution in [3.05, 3.63) is 56.5 Å². The van der Waals surface area contributed by atoms with Gasteiger partial charge in [0.05, 0.1) is 40.8 Å². The van der Waals surface area contributed by atoms with E-state index in [2.05, 4.69) is 10.3 Å². The van der Waals surface area contributed by atoms with Gasteiger partial charge < -0.3 is 5.11 Å². The molecule has 28 heavy (non-hydrogen) atoms. The Balaban J connectivity index is 1.50. The number of likely N-dealkylation sites (tertiary alicyclic amines) is 1. The molecule has 5 rings (SSSR count). The molecule has 3 aromatic rings. The number of aliphatic hydroxyl groups is 1. The number of benzene rings is 1. The Labute approximate surface area is 167 Å². The van der Waals surface area contributed by atoms with E-state index in [9.17, 15) is 9.90 Å². The zero-order chi connectivity index (χ0) is 19.1. The van der Waals surface area contributed by atoms with Crippen molar-refractivity contribution in [2.45, 2.75) is 50.7 Å². The van der Waals surface area contributed by atoms with E-state index in [4.69, 9.17) is 9.97 Å². The molecule has 1 saturated carbocycles. The Morgan fingerprint density at radius 3 is 2.86 bits per heavy atom. The fourth-order valence-corrected chi connectivity index (χ4v) is 5.17. The van der Waals surface area contributed by atoms with Gasteiger partial charge in [-0.1, -0.05) is 12.1 Å². The Morgan fingerprint density at radius 2 is 2.04 bits per heavy atom. The minimum absolute atomic E-state index is 0.0637. The average molecular weight is 397 g/mol. The first-order valence-corrected chi connectivity index (χ1v) is 10.9. The van der Waals surface area contributed by atoms with Crippen LogP contribution in [-0.2, 0) is 13.1 Å². The molecule has 7 heteroatoms. The first-order chi connectivity index (χ1) is 13.7. The smallest absolute Gasteiger partial charge is 0.261 e. The summed E-state index contributed by atoms with van der Waals surface area (Å²) in [6.07, 6.45) is 4.59. The molecule has 1 atom stereocenters. The number of hydrogen-bond donors (Lipinski definition) is 1. The van der Waals surface area contributed by atoms with Gasteiger partial charge in [0.15, 0.2) is 0 Å². The maximum absolute atomic E-state index is 13.0. The van der Waals surface area contributed by atoms with Crippen LogP contribution in [-0.4, -0.2) is 37.7 Å². The summed E-state index contributed by atoms with van der Waals surface area (Å²) in [7, 11) is 0. The fourth-order valence-electron chi connectivity index (χ4n) is 4.18. The molecule has 6 nitrogen and oxygen atoms in total. The lowest BCUT2D eigenvalue weighted by Crippen LogP contribution is -2.33. The van der Waals surface area contributed by atoms with Gasteiger partial charge in [0.2, 0.25) is 0 Å². The summed E-state index contributed by atoms with van der Waals surface area (Å²) in [6.45, 7) is 1.97. The van der Waals surface area contributed by atoms with Crippen LogP contribution < -0.4 is 5.56 Å². The summed E-state index contributed by atoms with van der Waals surface area (Å²) in [6, 6.07) is 7.55. The Hall–Kier alpha value is -2.09. The second-order valence-electron chi connectivity index (χ2n) is 7.75. The van der Waals surface area contributed by atoms with Crippen molar-refractivity contribution >= 4 is 22.2 Å². The number of hydrogen-bond acceptors (Lipinski definition) is 6. The number of fused-ring (bicyclic) bond motifs is 1. The van der Waals surface area contributed by atoms with Crippen molar-refractivity contribution in [1.82, 2.24) is 19.4 Å². The van der Waals surface area contributed by atoms with E-state index in [0.717, 1.165) is 43.0 Å². The molecule has 3 heterocycles. The Morgan fingerprint density at radius 1 is 1.18 bits per heavy atom. The molecular formula is C21H24N4O2S. The minimum Gasteiger partial charge on any atom is -0.395 e. The predicted octanol–water partition coefficient (Wildman–Crippen LogP) is 3.06. The molecule has 2 aromatic heterocycles. The van der Waals surface area contributed by atoms with E-state index in [1.54, 1.807) is 15.9 Å². The SMILES string of the molecule is O=c1c2ccccc2nc(C2CCCN2Cc2csc(C3CC3)n2)n1CCO. The number of aromatic nitrogens is 3. The summed E-state index contributed by atoms with van der Waals surface area (Å²) in [5.41, 5.74) is 1.79. The van der Waals surface area contributed by atoms with E-state index in [1.165, 1.54) is 17.8 Å². The summed E-state index contributed by atoms with van der Waals surface area (Å²) in [4.78, 5) is 25.1. The largest absolute Gasteiger partial charge is 0.395 e. The van der Waals surface area contributed by atoms with Gasteiger partial charge >= 0.3 is 0 Å². The highest BCUT2D eigenvalue weighted by Gasteiger charge is 2.32. The fraction of sp³-hybridized carbons (Fsp3) is 0.476. The Bertz CT molecular complexity index is 1060. The number of nitrogens with zero attached hydrogens (tertiary/aromatic N) is 4. The van der Waals surface area contributed by atoms with Crippen molar-refractivity contribution in [3.63, 3.8) is 0 Å². The van der Waals surface area contributed by atoms with Crippen LogP contribution in [0.2, 0.25) is 0 Å². The molecule has 1 unspecified atom stereocenters.